The van der Waals surface area contributed by atoms with Crippen molar-refractivity contribution in [2.75, 3.05) is 20.3 Å². The van der Waals surface area contributed by atoms with Gasteiger partial charge in [0.05, 0.1) is 13.2 Å². The molecule has 3 atom stereocenters. The minimum atomic E-state index is 0.276. The van der Waals surface area contributed by atoms with Crippen LogP contribution in [0, 0.1) is 19.8 Å². The van der Waals surface area contributed by atoms with Crippen molar-refractivity contribution in [3.8, 4) is 5.75 Å². The smallest absolute Gasteiger partial charge is 0.128 e. The number of ether oxygens (including phenoxy) is 2. The second-order valence-electron chi connectivity index (χ2n) is 6.02. The van der Waals surface area contributed by atoms with Crippen molar-refractivity contribution in [1.29, 1.82) is 0 Å². The van der Waals surface area contributed by atoms with Gasteiger partial charge in [-0.15, -0.1) is 0 Å². The van der Waals surface area contributed by atoms with Gasteiger partial charge in [-0.3, -0.25) is 4.98 Å². The number of aromatic nitrogens is 1. The zero-order chi connectivity index (χ0) is 15.4. The third-order valence-corrected chi connectivity index (χ3v) is 4.47. The van der Waals surface area contributed by atoms with Gasteiger partial charge >= 0.3 is 0 Å². The van der Waals surface area contributed by atoms with Gasteiger partial charge in [-0.05, 0) is 32.7 Å². The molecule has 4 heteroatoms. The van der Waals surface area contributed by atoms with Crippen LogP contribution < -0.4 is 10.1 Å². The largest absolute Gasteiger partial charge is 0.496 e. The molecular weight excluding hydrogens is 264 g/mol. The Balaban J connectivity index is 2.20. The number of nitrogens with one attached hydrogen (secondary N) is 1. The van der Waals surface area contributed by atoms with Gasteiger partial charge in [0, 0.05) is 42.1 Å². The molecule has 1 saturated heterocycles. The lowest BCUT2D eigenvalue weighted by molar-refractivity contribution is 0.0611. The van der Waals surface area contributed by atoms with E-state index >= 15 is 0 Å². The van der Waals surface area contributed by atoms with Gasteiger partial charge in [-0.1, -0.05) is 13.8 Å². The van der Waals surface area contributed by atoms with E-state index in [9.17, 15) is 0 Å². The molecule has 1 aromatic heterocycles. The average Bonchev–Trinajstić information content (AvgIpc) is 2.88. The van der Waals surface area contributed by atoms with Gasteiger partial charge in [-0.2, -0.15) is 0 Å². The summed E-state index contributed by atoms with van der Waals surface area (Å²) in [4.78, 5) is 4.63. The summed E-state index contributed by atoms with van der Waals surface area (Å²) >= 11 is 0. The minimum Gasteiger partial charge on any atom is -0.496 e. The summed E-state index contributed by atoms with van der Waals surface area (Å²) in [5.41, 5.74) is 3.33. The van der Waals surface area contributed by atoms with E-state index in [0.29, 0.717) is 12.0 Å². The van der Waals surface area contributed by atoms with E-state index in [4.69, 9.17) is 9.47 Å². The van der Waals surface area contributed by atoms with Crippen LogP contribution in [-0.2, 0) is 11.2 Å². The van der Waals surface area contributed by atoms with Crippen LogP contribution in [0.3, 0.4) is 0 Å². The van der Waals surface area contributed by atoms with Crippen molar-refractivity contribution >= 4 is 0 Å². The lowest BCUT2D eigenvalue weighted by Gasteiger charge is -2.27. The van der Waals surface area contributed by atoms with Crippen LogP contribution in [0.25, 0.3) is 0 Å². The van der Waals surface area contributed by atoms with Gasteiger partial charge in [0.1, 0.15) is 5.75 Å². The van der Waals surface area contributed by atoms with Crippen molar-refractivity contribution in [3.63, 3.8) is 0 Å². The Labute approximate surface area is 128 Å². The monoisotopic (exact) mass is 292 g/mol. The average molecular weight is 292 g/mol. The number of likely N-dealkylation sites (N-methyl/N-ethyl adjacent to an activating group) is 1. The highest BCUT2D eigenvalue weighted by Gasteiger charge is 2.32. The van der Waals surface area contributed by atoms with Gasteiger partial charge < -0.3 is 14.8 Å². The molecule has 1 aromatic rings. The third-order valence-electron chi connectivity index (χ3n) is 4.47. The van der Waals surface area contributed by atoms with Crippen LogP contribution >= 0.6 is 0 Å². The van der Waals surface area contributed by atoms with Gasteiger partial charge in [-0.25, -0.2) is 0 Å². The summed E-state index contributed by atoms with van der Waals surface area (Å²) in [6.07, 6.45) is 4.21. The number of rotatable bonds is 6. The first kappa shape index (κ1) is 16.2. The first-order valence-corrected chi connectivity index (χ1v) is 7.92. The summed E-state index contributed by atoms with van der Waals surface area (Å²) < 4.78 is 11.5. The van der Waals surface area contributed by atoms with Gasteiger partial charge in [0.25, 0.3) is 0 Å². The molecule has 0 bridgehead atoms. The SMILES string of the molecule is CCNC(Cc1ncc(C)c(OC)c1C)C1OCCC1C. The number of hydrogen-bond acceptors (Lipinski definition) is 4. The number of aryl methyl sites for hydroxylation is 1. The summed E-state index contributed by atoms with van der Waals surface area (Å²) in [6, 6.07) is 0.311. The Bertz CT molecular complexity index is 476. The Kier molecular flexibility index (Phi) is 5.59. The summed E-state index contributed by atoms with van der Waals surface area (Å²) in [5.74, 6) is 1.55. The van der Waals surface area contributed by atoms with Crippen LogP contribution in [0.1, 0.15) is 37.1 Å². The van der Waals surface area contributed by atoms with E-state index in [1.54, 1.807) is 7.11 Å². The fourth-order valence-corrected chi connectivity index (χ4v) is 3.28. The number of methoxy groups -OCH3 is 1. The predicted octanol–water partition coefficient (Wildman–Crippen LogP) is 2.65. The molecule has 1 fully saturated rings. The number of nitrogens with zero attached hydrogens (tertiary/aromatic N) is 1. The molecule has 0 aliphatic carbocycles. The molecule has 2 rings (SSSR count). The standard InChI is InChI=1S/C17H28N2O2/c1-6-18-15(17-11(2)7-8-21-17)9-14-13(4)16(20-5)12(3)10-19-14/h10-11,15,17-18H,6-9H2,1-5H3. The Morgan fingerprint density at radius 1 is 1.48 bits per heavy atom. The molecule has 1 aliphatic heterocycles. The number of hydrogen-bond donors (Lipinski definition) is 1. The Morgan fingerprint density at radius 3 is 2.81 bits per heavy atom. The van der Waals surface area contributed by atoms with E-state index in [0.717, 1.165) is 48.6 Å². The lowest BCUT2D eigenvalue weighted by Crippen LogP contribution is -2.44. The molecule has 2 heterocycles. The maximum atomic E-state index is 5.95. The maximum absolute atomic E-state index is 5.95. The van der Waals surface area contributed by atoms with Gasteiger partial charge in [0.2, 0.25) is 0 Å². The van der Waals surface area contributed by atoms with Crippen molar-refractivity contribution in [1.82, 2.24) is 10.3 Å². The van der Waals surface area contributed by atoms with E-state index in [1.165, 1.54) is 0 Å². The van der Waals surface area contributed by atoms with Crippen LogP contribution in [0.5, 0.6) is 5.75 Å². The van der Waals surface area contributed by atoms with Crippen molar-refractivity contribution in [2.45, 2.75) is 52.7 Å². The van der Waals surface area contributed by atoms with Crippen LogP contribution in [0.2, 0.25) is 0 Å². The lowest BCUT2D eigenvalue weighted by atomic mass is 9.93. The molecule has 21 heavy (non-hydrogen) atoms. The van der Waals surface area contributed by atoms with E-state index in [-0.39, 0.29) is 6.10 Å². The molecule has 1 aliphatic rings. The van der Waals surface area contributed by atoms with E-state index < -0.39 is 0 Å². The molecule has 3 unspecified atom stereocenters. The summed E-state index contributed by atoms with van der Waals surface area (Å²) in [6.45, 7) is 10.4. The minimum absolute atomic E-state index is 0.276. The van der Waals surface area contributed by atoms with Crippen molar-refractivity contribution < 1.29 is 9.47 Å². The highest BCUT2D eigenvalue weighted by atomic mass is 16.5. The first-order valence-electron chi connectivity index (χ1n) is 7.92. The molecule has 0 amide bonds. The van der Waals surface area contributed by atoms with Crippen LogP contribution in [0.15, 0.2) is 6.20 Å². The van der Waals surface area contributed by atoms with Crippen molar-refractivity contribution in [2.24, 2.45) is 5.92 Å². The summed E-state index contributed by atoms with van der Waals surface area (Å²) in [7, 11) is 1.73. The molecular formula is C17H28N2O2. The highest BCUT2D eigenvalue weighted by Crippen LogP contribution is 2.28. The third kappa shape index (κ3) is 3.55. The second-order valence-corrected chi connectivity index (χ2v) is 6.02. The first-order chi connectivity index (χ1) is 10.1. The molecule has 0 saturated carbocycles. The topological polar surface area (TPSA) is 43.4 Å². The predicted molar refractivity (Wildman–Crippen MR) is 85.0 cm³/mol. The number of pyridine rings is 1. The molecule has 0 aromatic carbocycles. The fourth-order valence-electron chi connectivity index (χ4n) is 3.28. The molecule has 118 valence electrons. The Hall–Kier alpha value is -1.13. The maximum Gasteiger partial charge on any atom is 0.128 e. The van der Waals surface area contributed by atoms with Crippen LogP contribution in [-0.4, -0.2) is 37.4 Å². The second kappa shape index (κ2) is 7.23. The summed E-state index contributed by atoms with van der Waals surface area (Å²) in [5, 5.41) is 3.58. The zero-order valence-electron chi connectivity index (χ0n) is 13.9. The van der Waals surface area contributed by atoms with E-state index in [1.807, 2.05) is 13.1 Å². The normalized spacial score (nSPS) is 23.3. The van der Waals surface area contributed by atoms with Gasteiger partial charge in [0.15, 0.2) is 0 Å². The molecule has 0 radical (unpaired) electrons. The Morgan fingerprint density at radius 2 is 2.24 bits per heavy atom. The molecule has 1 N–H and O–H groups in total. The highest BCUT2D eigenvalue weighted by molar-refractivity contribution is 5.41. The van der Waals surface area contributed by atoms with E-state index in [2.05, 4.69) is 31.1 Å². The van der Waals surface area contributed by atoms with Crippen molar-refractivity contribution in [3.05, 3.63) is 23.0 Å². The van der Waals surface area contributed by atoms with Crippen LogP contribution in [0.4, 0.5) is 0 Å². The fraction of sp³-hybridized carbons (Fsp3) is 0.706. The molecule has 4 nitrogen and oxygen atoms in total. The quantitative estimate of drug-likeness (QED) is 0.875. The molecule has 0 spiro atoms. The zero-order valence-corrected chi connectivity index (χ0v) is 13.9.